The van der Waals surface area contributed by atoms with Crippen LogP contribution in [0.25, 0.3) is 11.4 Å². The lowest BCUT2D eigenvalue weighted by Gasteiger charge is -2.40. The van der Waals surface area contributed by atoms with Crippen molar-refractivity contribution in [3.05, 3.63) is 54.0 Å². The fourth-order valence-electron chi connectivity index (χ4n) is 4.08. The molecule has 1 saturated heterocycles. The van der Waals surface area contributed by atoms with E-state index in [4.69, 9.17) is 0 Å². The predicted octanol–water partition coefficient (Wildman–Crippen LogP) is 3.00. The zero-order valence-corrected chi connectivity index (χ0v) is 17.2. The Morgan fingerprint density at radius 1 is 1.19 bits per heavy atom. The number of alkyl halides is 3. The van der Waals surface area contributed by atoms with Gasteiger partial charge in [-0.3, -0.25) is 10.00 Å². The van der Waals surface area contributed by atoms with E-state index in [1.165, 1.54) is 6.07 Å². The molecule has 1 aliphatic heterocycles. The van der Waals surface area contributed by atoms with Gasteiger partial charge < -0.3 is 14.6 Å². The van der Waals surface area contributed by atoms with Gasteiger partial charge in [-0.05, 0) is 31.2 Å². The standard InChI is InChI=1S/C21H25F3N6O/c1-15-13-28(7-8-30(15)19-5-4-17(12-25-19)21(22,23)24)14-16-11-26-27-20(16)18-3-2-6-29(18)9-10-31/h2-6,11-12,15,31H,7-10,13-14H2,1H3,(H,26,27)/t15-/m1/s1. The molecule has 1 atom stereocenters. The molecule has 2 N–H and O–H groups in total. The molecule has 1 aliphatic rings. The molecular weight excluding hydrogens is 409 g/mol. The normalized spacial score (nSPS) is 18.0. The number of nitrogens with one attached hydrogen (secondary N) is 1. The largest absolute Gasteiger partial charge is 0.417 e. The lowest BCUT2D eigenvalue weighted by atomic mass is 10.1. The van der Waals surface area contributed by atoms with E-state index < -0.39 is 11.7 Å². The minimum atomic E-state index is -4.38. The SMILES string of the molecule is C[C@@H]1CN(Cc2cn[nH]c2-c2cccn2CCO)CCN1c1ccc(C(F)(F)F)cn1. The predicted molar refractivity (Wildman–Crippen MR) is 110 cm³/mol. The van der Waals surface area contributed by atoms with Crippen LogP contribution in [0, 0.1) is 0 Å². The van der Waals surface area contributed by atoms with Gasteiger partial charge in [-0.25, -0.2) is 4.98 Å². The van der Waals surface area contributed by atoms with Gasteiger partial charge >= 0.3 is 6.18 Å². The summed E-state index contributed by atoms with van der Waals surface area (Å²) in [5, 5.41) is 16.6. The van der Waals surface area contributed by atoms with Crippen LogP contribution in [0.4, 0.5) is 19.0 Å². The summed E-state index contributed by atoms with van der Waals surface area (Å²) in [6, 6.07) is 6.56. The van der Waals surface area contributed by atoms with Gasteiger partial charge in [0.25, 0.3) is 0 Å². The van der Waals surface area contributed by atoms with Crippen LogP contribution in [-0.4, -0.2) is 62.0 Å². The number of rotatable bonds is 6. The van der Waals surface area contributed by atoms with E-state index in [1.54, 1.807) is 0 Å². The van der Waals surface area contributed by atoms with Crippen LogP contribution in [0.2, 0.25) is 0 Å². The first kappa shape index (κ1) is 21.4. The molecule has 0 saturated carbocycles. The summed E-state index contributed by atoms with van der Waals surface area (Å²) >= 11 is 0. The molecule has 0 aromatic carbocycles. The first-order valence-electron chi connectivity index (χ1n) is 10.2. The molecular formula is C21H25F3N6O. The summed E-state index contributed by atoms with van der Waals surface area (Å²) in [6.45, 7) is 5.51. The van der Waals surface area contributed by atoms with Crippen molar-refractivity contribution in [2.45, 2.75) is 32.2 Å². The fraction of sp³-hybridized carbons (Fsp3) is 0.429. The monoisotopic (exact) mass is 434 g/mol. The van der Waals surface area contributed by atoms with Gasteiger partial charge in [0, 0.05) is 56.7 Å². The summed E-state index contributed by atoms with van der Waals surface area (Å²) in [6.07, 6.45) is 0.261. The van der Waals surface area contributed by atoms with E-state index in [0.29, 0.717) is 25.5 Å². The molecule has 166 valence electrons. The molecule has 0 unspecified atom stereocenters. The Hall–Kier alpha value is -2.85. The van der Waals surface area contributed by atoms with Crippen molar-refractivity contribution in [2.75, 3.05) is 31.1 Å². The van der Waals surface area contributed by atoms with Gasteiger partial charge in [0.2, 0.25) is 0 Å². The van der Waals surface area contributed by atoms with Crippen LogP contribution in [0.15, 0.2) is 42.9 Å². The molecule has 31 heavy (non-hydrogen) atoms. The van der Waals surface area contributed by atoms with Crippen molar-refractivity contribution < 1.29 is 18.3 Å². The number of pyridine rings is 1. The summed E-state index contributed by atoms with van der Waals surface area (Å²) < 4.78 is 40.4. The summed E-state index contributed by atoms with van der Waals surface area (Å²) in [4.78, 5) is 8.39. The van der Waals surface area contributed by atoms with Gasteiger partial charge in [0.15, 0.2) is 0 Å². The van der Waals surface area contributed by atoms with Crippen molar-refractivity contribution in [2.24, 2.45) is 0 Å². The van der Waals surface area contributed by atoms with Gasteiger partial charge in [0.05, 0.1) is 29.8 Å². The van der Waals surface area contributed by atoms with E-state index in [1.807, 2.05) is 40.9 Å². The summed E-state index contributed by atoms with van der Waals surface area (Å²) in [5.74, 6) is 0.561. The smallest absolute Gasteiger partial charge is 0.395 e. The number of hydrogen-bond acceptors (Lipinski definition) is 5. The number of hydrogen-bond donors (Lipinski definition) is 2. The maximum atomic E-state index is 12.8. The average molecular weight is 434 g/mol. The number of nitrogens with zero attached hydrogens (tertiary/aromatic N) is 5. The van der Waals surface area contributed by atoms with E-state index in [-0.39, 0.29) is 12.6 Å². The maximum absolute atomic E-state index is 12.8. The Labute approximate surface area is 178 Å². The van der Waals surface area contributed by atoms with E-state index >= 15 is 0 Å². The topological polar surface area (TPSA) is 73.2 Å². The first-order valence-corrected chi connectivity index (χ1v) is 10.2. The Balaban J connectivity index is 1.43. The summed E-state index contributed by atoms with van der Waals surface area (Å²) in [7, 11) is 0. The summed E-state index contributed by atoms with van der Waals surface area (Å²) in [5.41, 5.74) is 2.23. The highest BCUT2D eigenvalue weighted by Crippen LogP contribution is 2.30. The molecule has 10 heteroatoms. The maximum Gasteiger partial charge on any atom is 0.417 e. The van der Waals surface area contributed by atoms with Crippen LogP contribution in [-0.2, 0) is 19.3 Å². The van der Waals surface area contributed by atoms with Crippen molar-refractivity contribution in [1.29, 1.82) is 0 Å². The van der Waals surface area contributed by atoms with Gasteiger partial charge in [0.1, 0.15) is 5.82 Å². The Bertz CT molecular complexity index is 997. The van der Waals surface area contributed by atoms with Crippen molar-refractivity contribution in [3.8, 4) is 11.4 Å². The third-order valence-electron chi connectivity index (χ3n) is 5.62. The number of aliphatic hydroxyl groups is 1. The van der Waals surface area contributed by atoms with Crippen LogP contribution >= 0.6 is 0 Å². The number of anilines is 1. The first-order chi connectivity index (χ1) is 14.9. The minimum absolute atomic E-state index is 0.0581. The fourth-order valence-corrected chi connectivity index (χ4v) is 4.08. The molecule has 0 bridgehead atoms. The lowest BCUT2D eigenvalue weighted by molar-refractivity contribution is -0.137. The van der Waals surface area contributed by atoms with Gasteiger partial charge in [-0.2, -0.15) is 18.3 Å². The second kappa shape index (κ2) is 8.72. The quantitative estimate of drug-likeness (QED) is 0.624. The van der Waals surface area contributed by atoms with Crippen LogP contribution in [0.3, 0.4) is 0 Å². The number of aromatic nitrogens is 4. The number of H-pyrrole nitrogens is 1. The zero-order valence-electron chi connectivity index (χ0n) is 17.2. The number of aliphatic hydroxyl groups excluding tert-OH is 1. The third kappa shape index (κ3) is 4.59. The Morgan fingerprint density at radius 3 is 2.71 bits per heavy atom. The van der Waals surface area contributed by atoms with Gasteiger partial charge in [-0.15, -0.1) is 0 Å². The molecule has 0 spiro atoms. The average Bonchev–Trinajstić information content (AvgIpc) is 3.37. The highest BCUT2D eigenvalue weighted by atomic mass is 19.4. The third-order valence-corrected chi connectivity index (χ3v) is 5.62. The Kier molecular flexibility index (Phi) is 6.01. The van der Waals surface area contributed by atoms with Crippen molar-refractivity contribution in [3.63, 3.8) is 0 Å². The Morgan fingerprint density at radius 2 is 2.03 bits per heavy atom. The van der Waals surface area contributed by atoms with Crippen molar-refractivity contribution in [1.82, 2.24) is 24.6 Å². The molecule has 7 nitrogen and oxygen atoms in total. The molecule has 1 fully saturated rings. The van der Waals surface area contributed by atoms with E-state index in [9.17, 15) is 18.3 Å². The number of piperazine rings is 1. The molecule has 4 rings (SSSR count). The molecule has 3 aromatic heterocycles. The molecule has 4 heterocycles. The lowest BCUT2D eigenvalue weighted by Crippen LogP contribution is -2.51. The molecule has 0 amide bonds. The van der Waals surface area contributed by atoms with Crippen LogP contribution in [0.1, 0.15) is 18.1 Å². The zero-order chi connectivity index (χ0) is 22.0. The molecule has 3 aromatic rings. The van der Waals surface area contributed by atoms with Crippen molar-refractivity contribution >= 4 is 5.82 Å². The van der Waals surface area contributed by atoms with Gasteiger partial charge in [-0.1, -0.05) is 0 Å². The highest BCUT2D eigenvalue weighted by Gasteiger charge is 2.32. The molecule has 0 radical (unpaired) electrons. The van der Waals surface area contributed by atoms with E-state index in [2.05, 4.69) is 20.1 Å². The second-order valence-electron chi connectivity index (χ2n) is 7.76. The van der Waals surface area contributed by atoms with E-state index in [0.717, 1.165) is 42.3 Å². The van der Waals surface area contributed by atoms with Crippen LogP contribution < -0.4 is 4.90 Å². The minimum Gasteiger partial charge on any atom is -0.395 e. The number of halogens is 3. The highest BCUT2D eigenvalue weighted by molar-refractivity contribution is 5.59. The van der Waals surface area contributed by atoms with Crippen LogP contribution in [0.5, 0.6) is 0 Å². The number of aromatic amines is 1. The second-order valence-corrected chi connectivity index (χ2v) is 7.76. The molecule has 0 aliphatic carbocycles.